The molecule has 0 aliphatic rings. The van der Waals surface area contributed by atoms with Crippen LogP contribution in [0.4, 0.5) is 5.69 Å². The third-order valence-corrected chi connectivity index (χ3v) is 2.31. The Hall–Kier alpha value is -0.620. The molecule has 1 amide bonds. The van der Waals surface area contributed by atoms with Gasteiger partial charge in [0.25, 0.3) is 0 Å². The van der Waals surface area contributed by atoms with Crippen molar-refractivity contribution in [2.75, 3.05) is 19.0 Å². The fourth-order valence-electron chi connectivity index (χ4n) is 0.984. The molecule has 0 saturated heterocycles. The van der Waals surface area contributed by atoms with Crippen molar-refractivity contribution < 1.29 is 9.53 Å². The number of ether oxygens (including phenoxy) is 1. The quantitative estimate of drug-likeness (QED) is 0.867. The Bertz CT molecular complexity index is 315. The Labute approximate surface area is 97.0 Å². The molecule has 1 aromatic rings. The maximum atomic E-state index is 11.3. The summed E-state index contributed by atoms with van der Waals surface area (Å²) in [5, 5.41) is 2.79. The summed E-state index contributed by atoms with van der Waals surface area (Å²) in [6.45, 7) is 0.454. The maximum absolute atomic E-state index is 11.3. The number of nitrogens with one attached hydrogen (secondary N) is 1. The molecule has 0 radical (unpaired) electrons. The second-order valence-corrected chi connectivity index (χ2v) is 4.05. The molecule has 0 aliphatic carbocycles. The van der Waals surface area contributed by atoms with E-state index < -0.39 is 0 Å². The average Bonchev–Trinajstić information content (AvgIpc) is 2.15. The van der Waals surface area contributed by atoms with Crippen molar-refractivity contribution in [3.05, 3.63) is 27.8 Å². The van der Waals surface area contributed by atoms with Gasteiger partial charge in [0.2, 0.25) is 5.91 Å². The fourth-order valence-corrected chi connectivity index (χ4v) is 1.53. The van der Waals surface area contributed by atoms with E-state index in [1.807, 2.05) is 24.3 Å². The number of carbonyl (C=O) groups is 1. The Morgan fingerprint density at radius 2 is 2.36 bits per heavy atom. The van der Waals surface area contributed by atoms with Crippen molar-refractivity contribution in [3.63, 3.8) is 0 Å². The van der Waals surface area contributed by atoms with Gasteiger partial charge in [0.15, 0.2) is 0 Å². The molecule has 0 saturated carbocycles. The van der Waals surface area contributed by atoms with Crippen LogP contribution in [0.15, 0.2) is 24.3 Å². The second kappa shape index (κ2) is 5.98. The van der Waals surface area contributed by atoms with E-state index in [-0.39, 0.29) is 5.91 Å². The SMILES string of the molecule is COCCC(=O)Nc1cccc(I)c1. The second-order valence-electron chi connectivity index (χ2n) is 2.80. The highest BCUT2D eigenvalue weighted by Crippen LogP contribution is 2.12. The number of anilines is 1. The highest BCUT2D eigenvalue weighted by Gasteiger charge is 2.01. The minimum absolute atomic E-state index is 0.0196. The Kier molecular flexibility index (Phi) is 4.89. The normalized spacial score (nSPS) is 9.86. The highest BCUT2D eigenvalue weighted by molar-refractivity contribution is 14.1. The van der Waals surface area contributed by atoms with Gasteiger partial charge in [-0.1, -0.05) is 6.07 Å². The molecule has 1 aromatic carbocycles. The zero-order valence-corrected chi connectivity index (χ0v) is 10.1. The Morgan fingerprint density at radius 1 is 1.57 bits per heavy atom. The smallest absolute Gasteiger partial charge is 0.226 e. The molecule has 14 heavy (non-hydrogen) atoms. The molecule has 3 nitrogen and oxygen atoms in total. The van der Waals surface area contributed by atoms with Crippen LogP contribution in [0.25, 0.3) is 0 Å². The lowest BCUT2D eigenvalue weighted by molar-refractivity contribution is -0.117. The first-order chi connectivity index (χ1) is 6.72. The molecule has 0 heterocycles. The standard InChI is InChI=1S/C10H12INO2/c1-14-6-5-10(13)12-9-4-2-3-8(11)7-9/h2-4,7H,5-6H2,1H3,(H,12,13). The summed E-state index contributed by atoms with van der Waals surface area (Å²) < 4.78 is 5.92. The zero-order valence-electron chi connectivity index (χ0n) is 7.92. The van der Waals surface area contributed by atoms with E-state index in [9.17, 15) is 4.79 Å². The molecule has 0 atom stereocenters. The van der Waals surface area contributed by atoms with Gasteiger partial charge in [0.1, 0.15) is 0 Å². The summed E-state index contributed by atoms with van der Waals surface area (Å²) in [6.07, 6.45) is 0.391. The van der Waals surface area contributed by atoms with Crippen molar-refractivity contribution >= 4 is 34.2 Å². The number of rotatable bonds is 4. The van der Waals surface area contributed by atoms with Gasteiger partial charge in [-0.2, -0.15) is 0 Å². The van der Waals surface area contributed by atoms with Gasteiger partial charge in [0.05, 0.1) is 13.0 Å². The fraction of sp³-hybridized carbons (Fsp3) is 0.300. The monoisotopic (exact) mass is 305 g/mol. The van der Waals surface area contributed by atoms with Crippen molar-refractivity contribution in [3.8, 4) is 0 Å². The Balaban J connectivity index is 2.47. The van der Waals surface area contributed by atoms with E-state index in [1.165, 1.54) is 0 Å². The van der Waals surface area contributed by atoms with Crippen molar-refractivity contribution in [2.45, 2.75) is 6.42 Å². The summed E-state index contributed by atoms with van der Waals surface area (Å²) in [5.74, 6) is -0.0196. The molecule has 0 aromatic heterocycles. The first-order valence-electron chi connectivity index (χ1n) is 4.26. The van der Waals surface area contributed by atoms with Gasteiger partial charge in [-0.15, -0.1) is 0 Å². The lowest BCUT2D eigenvalue weighted by atomic mass is 10.3. The summed E-state index contributed by atoms with van der Waals surface area (Å²) in [4.78, 5) is 11.3. The molecule has 0 bridgehead atoms. The molecule has 0 spiro atoms. The van der Waals surface area contributed by atoms with Crippen molar-refractivity contribution in [2.24, 2.45) is 0 Å². The minimum atomic E-state index is -0.0196. The number of benzene rings is 1. The van der Waals surface area contributed by atoms with Crippen molar-refractivity contribution in [1.29, 1.82) is 0 Å². The molecule has 0 fully saturated rings. The lowest BCUT2D eigenvalue weighted by Gasteiger charge is -2.04. The Morgan fingerprint density at radius 3 is 3.00 bits per heavy atom. The number of carbonyl (C=O) groups excluding carboxylic acids is 1. The van der Waals surface area contributed by atoms with Gasteiger partial charge >= 0.3 is 0 Å². The molecular formula is C10H12INO2. The molecule has 1 rings (SSSR count). The van der Waals surface area contributed by atoms with E-state index in [4.69, 9.17) is 4.74 Å². The predicted octanol–water partition coefficient (Wildman–Crippen LogP) is 2.27. The van der Waals surface area contributed by atoms with E-state index >= 15 is 0 Å². The van der Waals surface area contributed by atoms with Crippen molar-refractivity contribution in [1.82, 2.24) is 0 Å². The van der Waals surface area contributed by atoms with Gasteiger partial charge in [-0.3, -0.25) is 4.79 Å². The van der Waals surface area contributed by atoms with Crippen LogP contribution in [0.1, 0.15) is 6.42 Å². The van der Waals surface area contributed by atoms with Gasteiger partial charge in [-0.05, 0) is 40.8 Å². The third-order valence-electron chi connectivity index (χ3n) is 1.64. The number of amides is 1. The summed E-state index contributed by atoms with van der Waals surface area (Å²) in [6, 6.07) is 7.68. The lowest BCUT2D eigenvalue weighted by Crippen LogP contribution is -2.13. The minimum Gasteiger partial charge on any atom is -0.384 e. The topological polar surface area (TPSA) is 38.3 Å². The van der Waals surface area contributed by atoms with Gasteiger partial charge in [0, 0.05) is 16.4 Å². The van der Waals surface area contributed by atoms with Crippen LogP contribution in [-0.2, 0) is 9.53 Å². The van der Waals surface area contributed by atoms with Crippen LogP contribution in [0, 0.1) is 3.57 Å². The first-order valence-corrected chi connectivity index (χ1v) is 5.34. The van der Waals surface area contributed by atoms with E-state index in [0.717, 1.165) is 9.26 Å². The van der Waals surface area contributed by atoms with Crippen LogP contribution >= 0.6 is 22.6 Å². The first kappa shape index (κ1) is 11.5. The molecule has 0 aliphatic heterocycles. The number of halogens is 1. The van der Waals surface area contributed by atoms with E-state index in [1.54, 1.807) is 7.11 Å². The summed E-state index contributed by atoms with van der Waals surface area (Å²) in [5.41, 5.74) is 0.831. The molecule has 0 unspecified atom stereocenters. The molecular weight excluding hydrogens is 293 g/mol. The van der Waals surface area contributed by atoms with Crippen LogP contribution in [-0.4, -0.2) is 19.6 Å². The van der Waals surface area contributed by atoms with E-state index in [0.29, 0.717) is 13.0 Å². The van der Waals surface area contributed by atoms with Crippen LogP contribution in [0.3, 0.4) is 0 Å². The largest absolute Gasteiger partial charge is 0.384 e. The van der Waals surface area contributed by atoms with E-state index in [2.05, 4.69) is 27.9 Å². The third kappa shape index (κ3) is 4.06. The van der Waals surface area contributed by atoms with Gasteiger partial charge < -0.3 is 10.1 Å². The summed E-state index contributed by atoms with van der Waals surface area (Å²) >= 11 is 2.20. The predicted molar refractivity (Wildman–Crippen MR) is 64.3 cm³/mol. The molecule has 1 N–H and O–H groups in total. The summed E-state index contributed by atoms with van der Waals surface area (Å²) in [7, 11) is 1.58. The van der Waals surface area contributed by atoms with Crippen LogP contribution in [0.5, 0.6) is 0 Å². The van der Waals surface area contributed by atoms with Crippen LogP contribution < -0.4 is 5.32 Å². The highest BCUT2D eigenvalue weighted by atomic mass is 127. The molecule has 4 heteroatoms. The van der Waals surface area contributed by atoms with Crippen LogP contribution in [0.2, 0.25) is 0 Å². The molecule has 76 valence electrons. The number of hydrogen-bond acceptors (Lipinski definition) is 2. The van der Waals surface area contributed by atoms with Gasteiger partial charge in [-0.25, -0.2) is 0 Å². The maximum Gasteiger partial charge on any atom is 0.226 e. The average molecular weight is 305 g/mol. The number of hydrogen-bond donors (Lipinski definition) is 1. The number of methoxy groups -OCH3 is 1. The zero-order chi connectivity index (χ0) is 10.4.